The van der Waals surface area contributed by atoms with Gasteiger partial charge < -0.3 is 9.57 Å². The van der Waals surface area contributed by atoms with Gasteiger partial charge >= 0.3 is 12.1 Å². The molecule has 2 unspecified atom stereocenters. The Morgan fingerprint density at radius 1 is 1.06 bits per heavy atom. The van der Waals surface area contributed by atoms with E-state index in [0.29, 0.717) is 24.9 Å². The largest absolute Gasteiger partial charge is 0.435 e. The molecule has 0 saturated carbocycles. The van der Waals surface area contributed by atoms with Gasteiger partial charge in [0.05, 0.1) is 34.2 Å². The lowest BCUT2D eigenvalue weighted by molar-refractivity contribution is -0.189. The van der Waals surface area contributed by atoms with Gasteiger partial charge in [0.2, 0.25) is 5.91 Å². The number of hydrogen-bond donors (Lipinski definition) is 1. The third kappa shape index (κ3) is 7.84. The molecule has 1 amide bonds. The number of alkyl halides is 3. The average Bonchev–Trinajstić information content (AvgIpc) is 3.60. The van der Waals surface area contributed by atoms with Crippen LogP contribution in [0.15, 0.2) is 64.1 Å². The highest BCUT2D eigenvalue weighted by Crippen LogP contribution is 2.33. The van der Waals surface area contributed by atoms with Crippen LogP contribution in [0.2, 0.25) is 0 Å². The zero-order valence-electron chi connectivity index (χ0n) is 26.3. The Hall–Kier alpha value is -4.67. The number of esters is 1. The van der Waals surface area contributed by atoms with Crippen molar-refractivity contribution in [3.05, 3.63) is 65.9 Å². The van der Waals surface area contributed by atoms with Gasteiger partial charge in [-0.25, -0.2) is 17.8 Å². The van der Waals surface area contributed by atoms with Crippen LogP contribution in [0.25, 0.3) is 16.9 Å². The summed E-state index contributed by atoms with van der Waals surface area (Å²) >= 11 is 0. The van der Waals surface area contributed by atoms with Crippen molar-refractivity contribution >= 4 is 21.9 Å². The number of aromatic nitrogens is 4. The number of carbonyl (C=O) groups is 2. The summed E-state index contributed by atoms with van der Waals surface area (Å²) in [7, 11) is -4.32. The number of nitrogens with one attached hydrogen (secondary N) is 1. The molecule has 0 aliphatic carbocycles. The van der Waals surface area contributed by atoms with Gasteiger partial charge in [0.25, 0.3) is 16.3 Å². The van der Waals surface area contributed by atoms with Crippen LogP contribution in [0, 0.1) is 18.3 Å². The minimum absolute atomic E-state index is 0.110. The summed E-state index contributed by atoms with van der Waals surface area (Å²) in [6.45, 7) is 9.08. The molecule has 254 valence electrons. The van der Waals surface area contributed by atoms with Crippen LogP contribution in [-0.2, 0) is 30.5 Å². The van der Waals surface area contributed by atoms with Crippen LogP contribution in [0.3, 0.4) is 0 Å². The van der Waals surface area contributed by atoms with E-state index in [9.17, 15) is 31.2 Å². The number of benzene rings is 2. The Kier molecular flexibility index (Phi) is 8.96. The summed E-state index contributed by atoms with van der Waals surface area (Å²) in [5.41, 5.74) is -0.0450. The molecule has 2 aromatic carbocycles. The van der Waals surface area contributed by atoms with E-state index in [1.54, 1.807) is 50.0 Å². The highest BCUT2D eigenvalue weighted by atomic mass is 32.2. The zero-order valence-corrected chi connectivity index (χ0v) is 27.1. The van der Waals surface area contributed by atoms with Gasteiger partial charge in [-0.1, -0.05) is 29.8 Å². The SMILES string of the molecule is Cc1ccc(-c2cc(C(F)(F)F)nn2-c2ccc(S(=O)(=O)NC(=O)C3CCCN(n4on4OC(C)OC(=O)C(C)(C)C)C3)cc2)cc1. The minimum atomic E-state index is -4.69. The maximum Gasteiger partial charge on any atom is 0.435 e. The second-order valence-electron chi connectivity index (χ2n) is 12.3. The summed E-state index contributed by atoms with van der Waals surface area (Å²) in [4.78, 5) is 31.5. The van der Waals surface area contributed by atoms with Crippen LogP contribution in [-0.4, -0.2) is 59.4 Å². The van der Waals surface area contributed by atoms with Gasteiger partial charge in [-0.05, 0) is 70.9 Å². The lowest BCUT2D eigenvalue weighted by Crippen LogP contribution is -2.48. The molecule has 1 aliphatic rings. The van der Waals surface area contributed by atoms with Crippen molar-refractivity contribution in [2.45, 2.75) is 64.8 Å². The first-order chi connectivity index (χ1) is 21.9. The number of amides is 1. The predicted molar refractivity (Wildman–Crippen MR) is 161 cm³/mol. The summed E-state index contributed by atoms with van der Waals surface area (Å²) < 4.78 is 80.6. The molecule has 0 bridgehead atoms. The molecule has 1 N–H and O–H groups in total. The molecule has 0 spiro atoms. The highest BCUT2D eigenvalue weighted by Gasteiger charge is 2.36. The number of ether oxygens (including phenoxy) is 1. The molecule has 1 saturated heterocycles. The molecule has 2 atom stereocenters. The van der Waals surface area contributed by atoms with E-state index in [2.05, 4.69) is 9.82 Å². The fraction of sp³-hybridized carbons (Fsp3) is 0.433. The molecule has 13 nitrogen and oxygen atoms in total. The van der Waals surface area contributed by atoms with Gasteiger partial charge in [0.1, 0.15) is 5.02 Å². The Labute approximate surface area is 268 Å². The number of aryl methyl sites for hydroxylation is 1. The molecule has 3 heterocycles. The summed E-state index contributed by atoms with van der Waals surface area (Å²) in [5, 5.41) is 6.36. The molecule has 2 aromatic heterocycles. The first-order valence-corrected chi connectivity index (χ1v) is 16.2. The summed E-state index contributed by atoms with van der Waals surface area (Å²) in [6.07, 6.45) is -4.70. The van der Waals surface area contributed by atoms with Gasteiger partial charge in [0.15, 0.2) is 5.69 Å². The fourth-order valence-electron chi connectivity index (χ4n) is 4.75. The maximum absolute atomic E-state index is 13.6. The van der Waals surface area contributed by atoms with Crippen molar-refractivity contribution in [3.8, 4) is 16.9 Å². The van der Waals surface area contributed by atoms with Crippen molar-refractivity contribution in [1.82, 2.24) is 24.5 Å². The van der Waals surface area contributed by atoms with Crippen molar-refractivity contribution in [1.29, 1.82) is 0 Å². The number of halogens is 3. The van der Waals surface area contributed by atoms with E-state index in [1.165, 1.54) is 36.2 Å². The van der Waals surface area contributed by atoms with Crippen molar-refractivity contribution in [2.75, 3.05) is 18.1 Å². The Morgan fingerprint density at radius 3 is 2.34 bits per heavy atom. The maximum atomic E-state index is 13.6. The molecule has 17 heteroatoms. The number of nitrogens with zero attached hydrogens (tertiary/aromatic N) is 5. The third-order valence-corrected chi connectivity index (χ3v) is 8.73. The lowest BCUT2D eigenvalue weighted by atomic mass is 9.97. The highest BCUT2D eigenvalue weighted by molar-refractivity contribution is 7.90. The number of carbonyl (C=O) groups excluding carboxylic acids is 2. The number of sulfonamides is 1. The van der Waals surface area contributed by atoms with E-state index in [-0.39, 0.29) is 22.8 Å². The lowest BCUT2D eigenvalue weighted by Gasteiger charge is -2.28. The molecular formula is C30H35F3N6O7S. The van der Waals surface area contributed by atoms with Crippen LogP contribution in [0.4, 0.5) is 13.2 Å². The van der Waals surface area contributed by atoms with E-state index in [1.807, 2.05) is 6.92 Å². The van der Waals surface area contributed by atoms with Gasteiger partial charge in [0, 0.05) is 24.0 Å². The van der Waals surface area contributed by atoms with Crippen molar-refractivity contribution in [2.24, 2.45) is 11.3 Å². The number of piperidine rings is 1. The smallest absolute Gasteiger partial charge is 0.423 e. The molecular weight excluding hydrogens is 645 g/mol. The average molecular weight is 681 g/mol. The number of hydrogen-bond acceptors (Lipinski definition) is 9. The predicted octanol–water partition coefficient (Wildman–Crippen LogP) is 4.28. The first kappa shape index (κ1) is 33.7. The minimum Gasteiger partial charge on any atom is -0.423 e. The topological polar surface area (TPSA) is 143 Å². The molecule has 0 radical (unpaired) electrons. The number of rotatable bonds is 9. The standard InChI is InChI=1S/C30H35F3N6O7S/c1-19-8-10-21(11-9-19)25-17-26(30(31,32)33)34-37(25)23-12-14-24(15-13-23)47(42,43)35-27(40)22-7-6-16-36(18-22)38-39(46-38)45-20(2)44-28(41)29(3,4)5/h8-15,17,20,22H,6-7,16,18H2,1-5H3,(H,35,40). The van der Waals surface area contributed by atoms with E-state index in [0.717, 1.165) is 21.3 Å². The molecule has 5 rings (SSSR count). The Morgan fingerprint density at radius 2 is 1.72 bits per heavy atom. The molecule has 47 heavy (non-hydrogen) atoms. The monoisotopic (exact) mass is 680 g/mol. The first-order valence-electron chi connectivity index (χ1n) is 14.7. The van der Waals surface area contributed by atoms with E-state index in [4.69, 9.17) is 14.2 Å². The van der Waals surface area contributed by atoms with Crippen molar-refractivity contribution in [3.63, 3.8) is 0 Å². The van der Waals surface area contributed by atoms with Gasteiger partial charge in [-0.2, -0.15) is 22.9 Å². The Bertz CT molecular complexity index is 1830. The van der Waals surface area contributed by atoms with Gasteiger partial charge in [-0.15, -0.1) is 0 Å². The van der Waals surface area contributed by atoms with Crippen LogP contribution in [0.5, 0.6) is 0 Å². The van der Waals surface area contributed by atoms with Gasteiger partial charge in [-0.3, -0.25) is 14.6 Å². The second-order valence-corrected chi connectivity index (χ2v) is 14.0. The van der Waals surface area contributed by atoms with E-state index >= 15 is 0 Å². The second kappa shape index (κ2) is 12.5. The van der Waals surface area contributed by atoms with Crippen LogP contribution in [0.1, 0.15) is 51.8 Å². The zero-order chi connectivity index (χ0) is 34.3. The van der Waals surface area contributed by atoms with Crippen LogP contribution < -0.4 is 14.6 Å². The fourth-order valence-corrected chi connectivity index (χ4v) is 5.79. The van der Waals surface area contributed by atoms with Crippen LogP contribution >= 0.6 is 0 Å². The van der Waals surface area contributed by atoms with E-state index < -0.39 is 51.4 Å². The Balaban J connectivity index is 1.24. The molecule has 1 aliphatic heterocycles. The quantitative estimate of drug-likeness (QED) is 0.203. The third-order valence-electron chi connectivity index (χ3n) is 7.37. The van der Waals surface area contributed by atoms with Crippen molar-refractivity contribution < 1.29 is 45.4 Å². The molecule has 4 aromatic rings. The molecule has 1 fully saturated rings. The summed E-state index contributed by atoms with van der Waals surface area (Å²) in [5.74, 6) is -1.92. The summed E-state index contributed by atoms with van der Waals surface area (Å²) in [6, 6.07) is 12.8. The normalized spacial score (nSPS) is 16.6.